The molecule has 0 spiro atoms. The molecule has 1 unspecified atom stereocenters. The fourth-order valence-electron chi connectivity index (χ4n) is 4.65. The van der Waals surface area contributed by atoms with Gasteiger partial charge < -0.3 is 9.84 Å². The number of rotatable bonds is 3. The fourth-order valence-corrected chi connectivity index (χ4v) is 4.65. The first-order chi connectivity index (χ1) is 14.1. The Kier molecular flexibility index (Phi) is 5.80. The maximum Gasteiger partial charge on any atom is 0.123 e. The first kappa shape index (κ1) is 19.8. The van der Waals surface area contributed by atoms with Crippen LogP contribution in [0.2, 0.25) is 0 Å². The van der Waals surface area contributed by atoms with Gasteiger partial charge in [0.05, 0.1) is 6.61 Å². The zero-order valence-corrected chi connectivity index (χ0v) is 17.7. The number of hydrogen-bond donors (Lipinski definition) is 1. The van der Waals surface area contributed by atoms with Crippen molar-refractivity contribution in [3.05, 3.63) is 71.3 Å². The molecule has 1 heterocycles. The Hall–Kier alpha value is -2.48. The predicted molar refractivity (Wildman–Crippen MR) is 121 cm³/mol. The van der Waals surface area contributed by atoms with Gasteiger partial charge in [-0.3, -0.25) is 0 Å². The molecule has 0 amide bonds. The lowest BCUT2D eigenvalue weighted by Gasteiger charge is -2.24. The van der Waals surface area contributed by atoms with Crippen LogP contribution in [-0.2, 0) is 6.42 Å². The van der Waals surface area contributed by atoms with Crippen molar-refractivity contribution in [2.75, 3.05) is 6.61 Å². The van der Waals surface area contributed by atoms with E-state index >= 15 is 0 Å². The highest BCUT2D eigenvalue weighted by Gasteiger charge is 2.31. The summed E-state index contributed by atoms with van der Waals surface area (Å²) in [6.07, 6.45) is 11.2. The molecule has 1 N–H and O–H groups in total. The molecule has 2 heteroatoms. The van der Waals surface area contributed by atoms with Crippen molar-refractivity contribution < 1.29 is 9.84 Å². The van der Waals surface area contributed by atoms with Crippen molar-refractivity contribution in [3.63, 3.8) is 0 Å². The van der Waals surface area contributed by atoms with Gasteiger partial charge in [0.2, 0.25) is 0 Å². The van der Waals surface area contributed by atoms with E-state index < -0.39 is 0 Å². The summed E-state index contributed by atoms with van der Waals surface area (Å²) >= 11 is 0. The number of fused-ring (bicyclic) bond motifs is 1. The van der Waals surface area contributed by atoms with Gasteiger partial charge >= 0.3 is 0 Å². The SMILES string of the molecule is C=CC.CC1=CC(c2c(O)cc(-c3ccc4c(c3)OCC4)cc2C2CC2)CCC1. The molecule has 1 saturated carbocycles. The number of aromatic hydroxyl groups is 1. The van der Waals surface area contributed by atoms with E-state index in [1.807, 2.05) is 13.0 Å². The molecule has 2 nitrogen and oxygen atoms in total. The van der Waals surface area contributed by atoms with Crippen LogP contribution < -0.4 is 4.74 Å². The van der Waals surface area contributed by atoms with E-state index in [9.17, 15) is 5.11 Å². The monoisotopic (exact) mass is 388 g/mol. The van der Waals surface area contributed by atoms with Gasteiger partial charge in [0.25, 0.3) is 0 Å². The van der Waals surface area contributed by atoms with Crippen LogP contribution in [-0.4, -0.2) is 11.7 Å². The largest absolute Gasteiger partial charge is 0.508 e. The first-order valence-electron chi connectivity index (χ1n) is 11.0. The van der Waals surface area contributed by atoms with Crippen molar-refractivity contribution in [2.45, 2.75) is 64.2 Å². The van der Waals surface area contributed by atoms with Gasteiger partial charge in [-0.05, 0) is 86.3 Å². The molecule has 5 rings (SSSR count). The third kappa shape index (κ3) is 4.27. The topological polar surface area (TPSA) is 29.5 Å². The third-order valence-corrected chi connectivity index (χ3v) is 6.18. The molecular formula is C27H32O2. The highest BCUT2D eigenvalue weighted by Crippen LogP contribution is 2.49. The Labute approximate surface area is 174 Å². The van der Waals surface area contributed by atoms with Gasteiger partial charge in [0.1, 0.15) is 11.5 Å². The first-order valence-corrected chi connectivity index (χ1v) is 11.0. The quantitative estimate of drug-likeness (QED) is 0.560. The Bertz CT molecular complexity index is 934. The molecule has 2 aromatic carbocycles. The highest BCUT2D eigenvalue weighted by molar-refractivity contribution is 5.71. The summed E-state index contributed by atoms with van der Waals surface area (Å²) in [6, 6.07) is 10.8. The van der Waals surface area contributed by atoms with Crippen molar-refractivity contribution in [3.8, 4) is 22.6 Å². The summed E-state index contributed by atoms with van der Waals surface area (Å²) in [5.74, 6) is 2.47. The molecule has 2 aromatic rings. The van der Waals surface area contributed by atoms with Crippen molar-refractivity contribution in [1.82, 2.24) is 0 Å². The lowest BCUT2D eigenvalue weighted by Crippen LogP contribution is -2.06. The van der Waals surface area contributed by atoms with Crippen LogP contribution >= 0.6 is 0 Å². The molecule has 0 saturated heterocycles. The van der Waals surface area contributed by atoms with E-state index in [4.69, 9.17) is 4.74 Å². The lowest BCUT2D eigenvalue weighted by molar-refractivity contribution is 0.357. The van der Waals surface area contributed by atoms with Gasteiger partial charge in [0.15, 0.2) is 0 Å². The highest BCUT2D eigenvalue weighted by atomic mass is 16.5. The smallest absolute Gasteiger partial charge is 0.123 e. The fraction of sp³-hybridized carbons (Fsp3) is 0.407. The maximum atomic E-state index is 11.0. The van der Waals surface area contributed by atoms with Crippen LogP contribution in [0.1, 0.15) is 74.5 Å². The second kappa shape index (κ2) is 8.49. The molecular weight excluding hydrogens is 356 g/mol. The van der Waals surface area contributed by atoms with Crippen LogP contribution in [0, 0.1) is 0 Å². The van der Waals surface area contributed by atoms with E-state index in [1.165, 1.54) is 47.9 Å². The molecule has 2 aliphatic carbocycles. The summed E-state index contributed by atoms with van der Waals surface area (Å²) in [7, 11) is 0. The Morgan fingerprint density at radius 1 is 1.07 bits per heavy atom. The van der Waals surface area contributed by atoms with Crippen molar-refractivity contribution in [1.29, 1.82) is 0 Å². The van der Waals surface area contributed by atoms with Crippen LogP contribution in [0.5, 0.6) is 11.5 Å². The standard InChI is InChI=1S/C24H26O2.C3H6/c1-15-3-2-4-19(11-15)24-21(16-5-6-16)12-20(13-22(24)25)18-8-7-17-9-10-26-23(17)14-18;1-3-2/h7-8,11-14,16,19,25H,2-6,9-10H2,1H3;3H,1H2,2H3. The summed E-state index contributed by atoms with van der Waals surface area (Å²) in [5, 5.41) is 11.0. The second-order valence-electron chi connectivity index (χ2n) is 8.61. The summed E-state index contributed by atoms with van der Waals surface area (Å²) < 4.78 is 5.74. The van der Waals surface area contributed by atoms with E-state index in [-0.39, 0.29) is 0 Å². The zero-order valence-electron chi connectivity index (χ0n) is 17.7. The zero-order chi connectivity index (χ0) is 20.4. The van der Waals surface area contributed by atoms with E-state index in [0.717, 1.165) is 36.3 Å². The van der Waals surface area contributed by atoms with E-state index in [1.54, 1.807) is 6.08 Å². The normalized spacial score (nSPS) is 20.1. The number of hydrogen-bond acceptors (Lipinski definition) is 2. The number of benzene rings is 2. The van der Waals surface area contributed by atoms with Gasteiger partial charge in [-0.25, -0.2) is 0 Å². The molecule has 29 heavy (non-hydrogen) atoms. The third-order valence-electron chi connectivity index (χ3n) is 6.18. The van der Waals surface area contributed by atoms with Gasteiger partial charge in [0, 0.05) is 17.9 Å². The summed E-state index contributed by atoms with van der Waals surface area (Å²) in [4.78, 5) is 0. The van der Waals surface area contributed by atoms with Gasteiger partial charge in [-0.2, -0.15) is 0 Å². The minimum Gasteiger partial charge on any atom is -0.508 e. The van der Waals surface area contributed by atoms with Crippen LogP contribution in [0.4, 0.5) is 0 Å². The number of allylic oxidation sites excluding steroid dienone is 3. The number of phenolic OH excluding ortho intramolecular Hbond substituents is 1. The molecule has 0 radical (unpaired) electrons. The number of ether oxygens (including phenoxy) is 1. The van der Waals surface area contributed by atoms with Gasteiger partial charge in [-0.15, -0.1) is 6.58 Å². The predicted octanol–water partition coefficient (Wildman–Crippen LogP) is 7.28. The van der Waals surface area contributed by atoms with Crippen LogP contribution in [0.15, 0.2) is 54.6 Å². The van der Waals surface area contributed by atoms with Gasteiger partial charge in [-0.1, -0.05) is 35.9 Å². The number of phenols is 1. The van der Waals surface area contributed by atoms with Crippen molar-refractivity contribution >= 4 is 0 Å². The average molecular weight is 389 g/mol. The van der Waals surface area contributed by atoms with Crippen LogP contribution in [0.3, 0.4) is 0 Å². The van der Waals surface area contributed by atoms with E-state index in [2.05, 4.69) is 43.8 Å². The molecule has 3 aliphatic rings. The molecule has 0 bridgehead atoms. The Morgan fingerprint density at radius 2 is 1.86 bits per heavy atom. The second-order valence-corrected chi connectivity index (χ2v) is 8.61. The molecule has 1 atom stereocenters. The van der Waals surface area contributed by atoms with Crippen LogP contribution in [0.25, 0.3) is 11.1 Å². The molecule has 0 aromatic heterocycles. The summed E-state index contributed by atoms with van der Waals surface area (Å²) in [5.41, 5.74) is 7.57. The Balaban J connectivity index is 0.000000645. The molecule has 1 fully saturated rings. The molecule has 152 valence electrons. The van der Waals surface area contributed by atoms with Crippen molar-refractivity contribution in [2.24, 2.45) is 0 Å². The maximum absolute atomic E-state index is 11.0. The van der Waals surface area contributed by atoms with E-state index in [0.29, 0.717) is 17.6 Å². The average Bonchev–Trinajstić information content (AvgIpc) is 3.45. The lowest BCUT2D eigenvalue weighted by atomic mass is 9.81. The molecule has 1 aliphatic heterocycles. The minimum absolute atomic E-state index is 0.372. The summed E-state index contributed by atoms with van der Waals surface area (Å²) in [6.45, 7) is 8.25. The Morgan fingerprint density at radius 3 is 2.59 bits per heavy atom. The minimum atomic E-state index is 0.372.